The number of hydrogen-bond donors (Lipinski definition) is 3. The average Bonchev–Trinajstić information content (AvgIpc) is 3.22. The number of aliphatic hydroxyl groups is 1. The van der Waals surface area contributed by atoms with Crippen molar-refractivity contribution in [3.8, 4) is 0 Å². The summed E-state index contributed by atoms with van der Waals surface area (Å²) in [6.45, 7) is 3.09. The Bertz CT molecular complexity index is 555. The van der Waals surface area contributed by atoms with Gasteiger partial charge in [-0.25, -0.2) is 5.43 Å². The molecule has 5 atom stereocenters. The van der Waals surface area contributed by atoms with Crippen LogP contribution in [0.5, 0.6) is 0 Å². The summed E-state index contributed by atoms with van der Waals surface area (Å²) in [4.78, 5) is 2.57. The monoisotopic (exact) mass is 331 g/mol. The molecule has 0 aromatic heterocycles. The number of hydrazine groups is 1. The van der Waals surface area contributed by atoms with Gasteiger partial charge in [0.25, 0.3) is 0 Å². The van der Waals surface area contributed by atoms with Crippen LogP contribution in [0, 0.1) is 5.92 Å². The number of benzene rings is 1. The van der Waals surface area contributed by atoms with Crippen molar-refractivity contribution < 1.29 is 9.84 Å². The van der Waals surface area contributed by atoms with Crippen molar-refractivity contribution in [1.82, 2.24) is 15.8 Å². The highest BCUT2D eigenvalue weighted by atomic mass is 16.5. The van der Waals surface area contributed by atoms with Crippen LogP contribution in [0.25, 0.3) is 0 Å². The van der Waals surface area contributed by atoms with E-state index in [0.29, 0.717) is 18.0 Å². The van der Waals surface area contributed by atoms with Crippen molar-refractivity contribution in [1.29, 1.82) is 0 Å². The number of ether oxygens (including phenoxy) is 1. The maximum absolute atomic E-state index is 10.2. The molecule has 1 saturated carbocycles. The van der Waals surface area contributed by atoms with Crippen molar-refractivity contribution in [2.45, 2.75) is 49.5 Å². The summed E-state index contributed by atoms with van der Waals surface area (Å²) in [5.74, 6) is 0.527. The molecule has 2 saturated heterocycles. The highest BCUT2D eigenvalue weighted by molar-refractivity contribution is 5.21. The van der Waals surface area contributed by atoms with E-state index in [-0.39, 0.29) is 11.7 Å². The predicted molar refractivity (Wildman–Crippen MR) is 93.4 cm³/mol. The molecular weight excluding hydrogens is 302 g/mol. The van der Waals surface area contributed by atoms with Crippen LogP contribution in [-0.2, 0) is 4.74 Å². The second-order valence-electron chi connectivity index (χ2n) is 7.63. The molecule has 0 radical (unpaired) electrons. The maximum Gasteiger partial charge on any atom is 0.0847 e. The SMILES string of the molecule is CO[C@@]12CC[C@@H](O)C[C@@H]1N(CC1CNNC1c1ccccc1)CC2. The summed E-state index contributed by atoms with van der Waals surface area (Å²) >= 11 is 0. The summed E-state index contributed by atoms with van der Waals surface area (Å²) in [6.07, 6.45) is 3.61. The normalized spacial score (nSPS) is 39.9. The minimum atomic E-state index is -0.177. The lowest BCUT2D eigenvalue weighted by atomic mass is 9.79. The first kappa shape index (κ1) is 16.5. The van der Waals surface area contributed by atoms with Gasteiger partial charge in [-0.05, 0) is 31.2 Å². The van der Waals surface area contributed by atoms with Gasteiger partial charge < -0.3 is 9.84 Å². The van der Waals surface area contributed by atoms with E-state index in [1.807, 2.05) is 7.11 Å². The third kappa shape index (κ3) is 2.89. The van der Waals surface area contributed by atoms with Gasteiger partial charge in [0.1, 0.15) is 0 Å². The fraction of sp³-hybridized carbons (Fsp3) is 0.684. The van der Waals surface area contributed by atoms with Crippen LogP contribution in [0.15, 0.2) is 30.3 Å². The number of nitrogens with one attached hydrogen (secondary N) is 2. The number of methoxy groups -OCH3 is 1. The van der Waals surface area contributed by atoms with Crippen LogP contribution in [0.4, 0.5) is 0 Å². The summed E-state index contributed by atoms with van der Waals surface area (Å²) < 4.78 is 5.97. The van der Waals surface area contributed by atoms with Gasteiger partial charge in [0.2, 0.25) is 0 Å². The highest BCUT2D eigenvalue weighted by Gasteiger charge is 2.51. The molecule has 3 N–H and O–H groups in total. The number of hydrogen-bond acceptors (Lipinski definition) is 5. The van der Waals surface area contributed by atoms with E-state index in [1.165, 1.54) is 5.56 Å². The first-order valence-corrected chi connectivity index (χ1v) is 9.22. The van der Waals surface area contributed by atoms with Crippen molar-refractivity contribution in [2.24, 2.45) is 5.92 Å². The van der Waals surface area contributed by atoms with E-state index in [0.717, 1.165) is 45.3 Å². The Kier molecular flexibility index (Phi) is 4.62. The molecule has 1 aromatic rings. The van der Waals surface area contributed by atoms with Crippen LogP contribution in [0.3, 0.4) is 0 Å². The zero-order valence-corrected chi connectivity index (χ0v) is 14.4. The fourth-order valence-corrected chi connectivity index (χ4v) is 5.01. The minimum absolute atomic E-state index is 0.0407. The maximum atomic E-state index is 10.2. The van der Waals surface area contributed by atoms with Gasteiger partial charge in [-0.3, -0.25) is 10.3 Å². The number of rotatable bonds is 4. The van der Waals surface area contributed by atoms with E-state index in [4.69, 9.17) is 4.74 Å². The summed E-state index contributed by atoms with van der Waals surface area (Å²) in [5.41, 5.74) is 8.09. The molecule has 0 bridgehead atoms. The second-order valence-corrected chi connectivity index (χ2v) is 7.63. The molecule has 3 aliphatic rings. The van der Waals surface area contributed by atoms with Crippen molar-refractivity contribution >= 4 is 0 Å². The zero-order valence-electron chi connectivity index (χ0n) is 14.4. The Morgan fingerprint density at radius 2 is 2.12 bits per heavy atom. The Morgan fingerprint density at radius 1 is 1.29 bits per heavy atom. The third-order valence-electron chi connectivity index (χ3n) is 6.39. The lowest BCUT2D eigenvalue weighted by molar-refractivity contribution is -0.0882. The lowest BCUT2D eigenvalue weighted by Crippen LogP contribution is -2.52. The van der Waals surface area contributed by atoms with Crippen molar-refractivity contribution in [3.05, 3.63) is 35.9 Å². The van der Waals surface area contributed by atoms with Gasteiger partial charge in [0.15, 0.2) is 0 Å². The molecule has 2 unspecified atom stereocenters. The minimum Gasteiger partial charge on any atom is -0.393 e. The molecule has 2 aliphatic heterocycles. The van der Waals surface area contributed by atoms with Gasteiger partial charge in [-0.15, -0.1) is 0 Å². The molecule has 4 rings (SSSR count). The van der Waals surface area contributed by atoms with Gasteiger partial charge in [-0.1, -0.05) is 30.3 Å². The van der Waals surface area contributed by atoms with E-state index in [1.54, 1.807) is 0 Å². The topological polar surface area (TPSA) is 56.8 Å². The molecule has 24 heavy (non-hydrogen) atoms. The fourth-order valence-electron chi connectivity index (χ4n) is 5.01. The van der Waals surface area contributed by atoms with Gasteiger partial charge in [0.05, 0.1) is 17.7 Å². The molecule has 0 amide bonds. The number of fused-ring (bicyclic) bond motifs is 1. The standard InChI is InChI=1S/C19H29N3O2/c1-24-19-8-7-16(23)11-17(19)22(10-9-19)13-15-12-20-21-18(15)14-5-3-2-4-6-14/h2-6,15-18,20-21,23H,7-13H2,1H3/t15?,16-,17+,18?,19-/m1/s1. The quantitative estimate of drug-likeness (QED) is 0.780. The second kappa shape index (κ2) is 6.73. The Balaban J connectivity index is 1.48. The van der Waals surface area contributed by atoms with Crippen LogP contribution >= 0.6 is 0 Å². The first-order chi connectivity index (χ1) is 11.7. The first-order valence-electron chi connectivity index (χ1n) is 9.22. The third-order valence-corrected chi connectivity index (χ3v) is 6.39. The van der Waals surface area contributed by atoms with E-state index in [9.17, 15) is 5.11 Å². The Morgan fingerprint density at radius 3 is 2.92 bits per heavy atom. The molecule has 2 heterocycles. The lowest BCUT2D eigenvalue weighted by Gasteiger charge is -2.43. The van der Waals surface area contributed by atoms with E-state index >= 15 is 0 Å². The van der Waals surface area contributed by atoms with Crippen LogP contribution < -0.4 is 10.9 Å². The average molecular weight is 331 g/mol. The molecule has 132 valence electrons. The van der Waals surface area contributed by atoms with Gasteiger partial charge in [-0.2, -0.15) is 0 Å². The molecule has 0 spiro atoms. The van der Waals surface area contributed by atoms with E-state index in [2.05, 4.69) is 46.1 Å². The van der Waals surface area contributed by atoms with Crippen LogP contribution in [-0.4, -0.2) is 54.5 Å². The number of likely N-dealkylation sites (tertiary alicyclic amines) is 1. The molecule has 3 fully saturated rings. The van der Waals surface area contributed by atoms with Gasteiger partial charge in [0, 0.05) is 38.7 Å². The Hall–Kier alpha value is -0.980. The van der Waals surface area contributed by atoms with Crippen LogP contribution in [0.1, 0.15) is 37.3 Å². The van der Waals surface area contributed by atoms with Gasteiger partial charge >= 0.3 is 0 Å². The number of nitrogens with zero attached hydrogens (tertiary/aromatic N) is 1. The summed E-state index contributed by atoms with van der Waals surface area (Å²) in [6, 6.07) is 11.4. The molecule has 5 heteroatoms. The highest BCUT2D eigenvalue weighted by Crippen LogP contribution is 2.43. The molecule has 5 nitrogen and oxygen atoms in total. The zero-order chi connectivity index (χ0) is 16.6. The van der Waals surface area contributed by atoms with Crippen LogP contribution in [0.2, 0.25) is 0 Å². The predicted octanol–water partition coefficient (Wildman–Crippen LogP) is 1.46. The molecular formula is C19H29N3O2. The summed E-state index contributed by atoms with van der Waals surface area (Å²) in [7, 11) is 1.85. The summed E-state index contributed by atoms with van der Waals surface area (Å²) in [5, 5.41) is 10.2. The molecule has 1 aliphatic carbocycles. The van der Waals surface area contributed by atoms with Crippen molar-refractivity contribution in [2.75, 3.05) is 26.7 Å². The molecule has 1 aromatic carbocycles. The smallest absolute Gasteiger partial charge is 0.0847 e. The van der Waals surface area contributed by atoms with Crippen molar-refractivity contribution in [3.63, 3.8) is 0 Å². The largest absolute Gasteiger partial charge is 0.393 e. The van der Waals surface area contributed by atoms with E-state index < -0.39 is 0 Å². The number of aliphatic hydroxyl groups excluding tert-OH is 1. The Labute approximate surface area is 144 Å².